The highest BCUT2D eigenvalue weighted by Crippen LogP contribution is 2.38. The van der Waals surface area contributed by atoms with Gasteiger partial charge < -0.3 is 4.74 Å². The first-order valence-electron chi connectivity index (χ1n) is 9.69. The summed E-state index contributed by atoms with van der Waals surface area (Å²) in [6, 6.07) is 23.4. The molecule has 0 N–H and O–H groups in total. The number of carbonyl (C=O) groups is 2. The van der Waals surface area contributed by atoms with Gasteiger partial charge in [0.25, 0.3) is 5.91 Å². The molecule has 31 heavy (non-hydrogen) atoms. The van der Waals surface area contributed by atoms with Crippen molar-refractivity contribution in [3.8, 4) is 0 Å². The minimum absolute atomic E-state index is 0.101. The number of fused-ring (bicyclic) bond motifs is 2. The van der Waals surface area contributed by atoms with Crippen molar-refractivity contribution in [2.75, 3.05) is 4.90 Å². The summed E-state index contributed by atoms with van der Waals surface area (Å²) >= 11 is 6.01. The summed E-state index contributed by atoms with van der Waals surface area (Å²) in [5.41, 5.74) is 2.33. The Kier molecular flexibility index (Phi) is 4.84. The number of ether oxygens (including phenoxy) is 1. The molecule has 5 rings (SSSR count). The molecule has 152 valence electrons. The van der Waals surface area contributed by atoms with Crippen LogP contribution >= 0.6 is 11.6 Å². The number of aromatic nitrogens is 2. The number of hydrogen-bond donors (Lipinski definition) is 0. The normalized spacial score (nSPS) is 15.2. The summed E-state index contributed by atoms with van der Waals surface area (Å²) < 4.78 is 5.79. The number of anilines is 1. The van der Waals surface area contributed by atoms with Gasteiger partial charge in [-0.25, -0.2) is 9.97 Å². The standard InChI is InChI=1S/C24H16ClN3O3/c25-19-12-10-16-11-13-20(27-22(16)26-19)28-23(30)17-8-4-5-9-18(17)24(28)31-21(29)14-15-6-2-1-3-7-15/h1-13,24H,14H2. The van der Waals surface area contributed by atoms with Gasteiger partial charge in [0.1, 0.15) is 11.0 Å². The van der Waals surface area contributed by atoms with E-state index in [-0.39, 0.29) is 12.3 Å². The number of benzene rings is 2. The van der Waals surface area contributed by atoms with Crippen molar-refractivity contribution >= 4 is 40.3 Å². The zero-order valence-corrected chi connectivity index (χ0v) is 17.0. The summed E-state index contributed by atoms with van der Waals surface area (Å²) in [5, 5.41) is 1.09. The molecule has 0 saturated carbocycles. The van der Waals surface area contributed by atoms with Gasteiger partial charge >= 0.3 is 5.97 Å². The number of pyridine rings is 2. The van der Waals surface area contributed by atoms with Gasteiger partial charge in [0.2, 0.25) is 6.23 Å². The lowest BCUT2D eigenvalue weighted by molar-refractivity contribution is -0.148. The van der Waals surface area contributed by atoms with Gasteiger partial charge in [-0.05, 0) is 35.9 Å². The quantitative estimate of drug-likeness (QED) is 0.346. The Labute approximate surface area is 183 Å². The molecule has 2 aromatic carbocycles. The molecule has 7 heteroatoms. The second-order valence-electron chi connectivity index (χ2n) is 7.12. The average Bonchev–Trinajstić information content (AvgIpc) is 3.05. The number of halogens is 1. The molecule has 0 radical (unpaired) electrons. The maximum atomic E-state index is 13.2. The second-order valence-corrected chi connectivity index (χ2v) is 7.50. The lowest BCUT2D eigenvalue weighted by atomic mass is 10.1. The van der Waals surface area contributed by atoms with E-state index in [9.17, 15) is 9.59 Å². The van der Waals surface area contributed by atoms with E-state index in [0.717, 1.165) is 10.9 Å². The van der Waals surface area contributed by atoms with E-state index in [1.54, 1.807) is 42.5 Å². The van der Waals surface area contributed by atoms with Gasteiger partial charge in [0.05, 0.1) is 6.42 Å². The van der Waals surface area contributed by atoms with Crippen molar-refractivity contribution in [1.29, 1.82) is 0 Å². The molecule has 1 atom stereocenters. The molecule has 4 aromatic rings. The molecule has 0 aliphatic carbocycles. The maximum absolute atomic E-state index is 13.2. The highest BCUT2D eigenvalue weighted by Gasteiger charge is 2.41. The molecular formula is C24H16ClN3O3. The molecule has 6 nitrogen and oxygen atoms in total. The molecular weight excluding hydrogens is 414 g/mol. The lowest BCUT2D eigenvalue weighted by Gasteiger charge is -2.24. The Balaban J connectivity index is 1.52. The van der Waals surface area contributed by atoms with E-state index in [0.29, 0.717) is 27.7 Å². The van der Waals surface area contributed by atoms with Gasteiger partial charge in [-0.2, -0.15) is 0 Å². The molecule has 1 aliphatic heterocycles. The van der Waals surface area contributed by atoms with Crippen LogP contribution in [0.1, 0.15) is 27.7 Å². The van der Waals surface area contributed by atoms with Crippen LogP contribution in [-0.2, 0) is 16.0 Å². The molecule has 0 fully saturated rings. The molecule has 1 aliphatic rings. The van der Waals surface area contributed by atoms with Crippen LogP contribution in [-0.4, -0.2) is 21.8 Å². The average molecular weight is 430 g/mol. The van der Waals surface area contributed by atoms with Gasteiger partial charge in [0, 0.05) is 16.5 Å². The first kappa shape index (κ1) is 19.2. The predicted octanol–water partition coefficient (Wildman–Crippen LogP) is 4.73. The van der Waals surface area contributed by atoms with Crippen LogP contribution < -0.4 is 4.90 Å². The smallest absolute Gasteiger partial charge is 0.312 e. The third-order valence-electron chi connectivity index (χ3n) is 5.10. The number of nitrogens with zero attached hydrogens (tertiary/aromatic N) is 3. The summed E-state index contributed by atoms with van der Waals surface area (Å²) in [4.78, 5) is 36.0. The third kappa shape index (κ3) is 3.62. The lowest BCUT2D eigenvalue weighted by Crippen LogP contribution is -2.32. The van der Waals surface area contributed by atoms with Crippen molar-refractivity contribution < 1.29 is 14.3 Å². The number of hydrogen-bond acceptors (Lipinski definition) is 5. The van der Waals surface area contributed by atoms with Crippen LogP contribution in [0.4, 0.5) is 5.82 Å². The van der Waals surface area contributed by atoms with E-state index in [1.165, 1.54) is 4.90 Å². The van der Waals surface area contributed by atoms with E-state index < -0.39 is 12.2 Å². The monoisotopic (exact) mass is 429 g/mol. The van der Waals surface area contributed by atoms with Crippen molar-refractivity contribution in [2.45, 2.75) is 12.6 Å². The van der Waals surface area contributed by atoms with Crippen molar-refractivity contribution in [3.63, 3.8) is 0 Å². The molecule has 0 saturated heterocycles. The predicted molar refractivity (Wildman–Crippen MR) is 117 cm³/mol. The van der Waals surface area contributed by atoms with E-state index in [4.69, 9.17) is 16.3 Å². The zero-order chi connectivity index (χ0) is 21.4. The summed E-state index contributed by atoms with van der Waals surface area (Å²) in [7, 11) is 0. The summed E-state index contributed by atoms with van der Waals surface area (Å²) in [6.45, 7) is 0. The van der Waals surface area contributed by atoms with Crippen molar-refractivity contribution in [3.05, 3.63) is 101 Å². The van der Waals surface area contributed by atoms with Crippen LogP contribution in [0.25, 0.3) is 11.0 Å². The first-order valence-corrected chi connectivity index (χ1v) is 10.1. The van der Waals surface area contributed by atoms with Crippen LogP contribution in [0.2, 0.25) is 5.15 Å². The fourth-order valence-electron chi connectivity index (χ4n) is 3.65. The zero-order valence-electron chi connectivity index (χ0n) is 16.2. The Bertz CT molecular complexity index is 1310. The van der Waals surface area contributed by atoms with E-state index in [2.05, 4.69) is 9.97 Å². The SMILES string of the molecule is O=C(Cc1ccccc1)OC1c2ccccc2C(=O)N1c1ccc2ccc(Cl)nc2n1. The summed E-state index contributed by atoms with van der Waals surface area (Å²) in [6.07, 6.45) is -0.812. The highest BCUT2D eigenvalue weighted by molar-refractivity contribution is 6.29. The maximum Gasteiger partial charge on any atom is 0.312 e. The number of esters is 1. The highest BCUT2D eigenvalue weighted by atomic mass is 35.5. The van der Waals surface area contributed by atoms with Gasteiger partial charge in [-0.1, -0.05) is 60.1 Å². The number of rotatable bonds is 4. The topological polar surface area (TPSA) is 72.4 Å². The van der Waals surface area contributed by atoms with Gasteiger partial charge in [0.15, 0.2) is 5.65 Å². The van der Waals surface area contributed by atoms with Crippen LogP contribution in [0.5, 0.6) is 0 Å². The second kappa shape index (κ2) is 7.81. The molecule has 1 amide bonds. The molecule has 0 bridgehead atoms. The minimum Gasteiger partial charge on any atom is -0.436 e. The van der Waals surface area contributed by atoms with Gasteiger partial charge in [-0.15, -0.1) is 0 Å². The third-order valence-corrected chi connectivity index (χ3v) is 5.31. The van der Waals surface area contributed by atoms with Crippen molar-refractivity contribution in [1.82, 2.24) is 9.97 Å². The Morgan fingerprint density at radius 1 is 0.935 bits per heavy atom. The molecule has 0 spiro atoms. The minimum atomic E-state index is -0.913. The molecule has 2 aromatic heterocycles. The fourth-order valence-corrected chi connectivity index (χ4v) is 3.79. The Hall–Kier alpha value is -3.77. The van der Waals surface area contributed by atoms with Crippen molar-refractivity contribution in [2.24, 2.45) is 0 Å². The van der Waals surface area contributed by atoms with Crippen LogP contribution in [0.3, 0.4) is 0 Å². The number of carbonyl (C=O) groups excluding carboxylic acids is 2. The molecule has 3 heterocycles. The number of amides is 1. The largest absolute Gasteiger partial charge is 0.436 e. The van der Waals surface area contributed by atoms with Gasteiger partial charge in [-0.3, -0.25) is 14.5 Å². The van der Waals surface area contributed by atoms with E-state index in [1.807, 2.05) is 36.4 Å². The van der Waals surface area contributed by atoms with Crippen LogP contribution in [0.15, 0.2) is 78.9 Å². The first-order chi connectivity index (χ1) is 15.1. The summed E-state index contributed by atoms with van der Waals surface area (Å²) in [5.74, 6) is -0.393. The van der Waals surface area contributed by atoms with E-state index >= 15 is 0 Å². The van der Waals surface area contributed by atoms with Crippen LogP contribution in [0, 0.1) is 0 Å². The molecule has 1 unspecified atom stereocenters. The Morgan fingerprint density at radius 2 is 1.68 bits per heavy atom. The Morgan fingerprint density at radius 3 is 2.52 bits per heavy atom. The fraction of sp³-hybridized carbons (Fsp3) is 0.0833.